The highest BCUT2D eigenvalue weighted by atomic mass is 16.5. The standard InChI is InChI=1S/C23H30N2O3/c1-24(16-18-7-5-4-6-8-18)23(26)19-11-13-25(14-12-19)17-20-15-21(27-2)9-10-22(20)28-3/h4-10,15,19H,11-14,16-17H2,1-3H3. The van der Waals surface area contributed by atoms with Crippen molar-refractivity contribution in [3.05, 3.63) is 59.7 Å². The maximum Gasteiger partial charge on any atom is 0.225 e. The van der Waals surface area contributed by atoms with Crippen LogP contribution in [0.3, 0.4) is 0 Å². The second-order valence-electron chi connectivity index (χ2n) is 7.41. The van der Waals surface area contributed by atoms with E-state index in [1.165, 1.54) is 5.56 Å². The van der Waals surface area contributed by atoms with Gasteiger partial charge in [-0.15, -0.1) is 0 Å². The molecule has 1 heterocycles. The Hall–Kier alpha value is -2.53. The van der Waals surface area contributed by atoms with Crippen LogP contribution in [0.25, 0.3) is 0 Å². The van der Waals surface area contributed by atoms with Crippen molar-refractivity contribution in [3.8, 4) is 11.5 Å². The van der Waals surface area contributed by atoms with Crippen molar-refractivity contribution in [1.82, 2.24) is 9.80 Å². The molecule has 0 saturated carbocycles. The third kappa shape index (κ3) is 5.04. The predicted molar refractivity (Wildman–Crippen MR) is 110 cm³/mol. The zero-order valence-electron chi connectivity index (χ0n) is 17.1. The first kappa shape index (κ1) is 20.2. The molecule has 0 atom stereocenters. The van der Waals surface area contributed by atoms with Crippen molar-refractivity contribution in [3.63, 3.8) is 0 Å². The Morgan fingerprint density at radius 3 is 2.43 bits per heavy atom. The lowest BCUT2D eigenvalue weighted by Crippen LogP contribution is -2.40. The normalized spacial score (nSPS) is 15.2. The average molecular weight is 383 g/mol. The monoisotopic (exact) mass is 382 g/mol. The molecule has 1 aliphatic heterocycles. The average Bonchev–Trinajstić information content (AvgIpc) is 2.74. The summed E-state index contributed by atoms with van der Waals surface area (Å²) < 4.78 is 10.8. The second-order valence-corrected chi connectivity index (χ2v) is 7.41. The van der Waals surface area contributed by atoms with Gasteiger partial charge in [-0.3, -0.25) is 9.69 Å². The van der Waals surface area contributed by atoms with Crippen LogP contribution >= 0.6 is 0 Å². The number of methoxy groups -OCH3 is 2. The molecule has 5 nitrogen and oxygen atoms in total. The van der Waals surface area contributed by atoms with Crippen LogP contribution in [0.15, 0.2) is 48.5 Å². The maximum atomic E-state index is 12.8. The van der Waals surface area contributed by atoms with Gasteiger partial charge >= 0.3 is 0 Å². The van der Waals surface area contributed by atoms with Crippen LogP contribution in [0.4, 0.5) is 0 Å². The van der Waals surface area contributed by atoms with E-state index < -0.39 is 0 Å². The number of nitrogens with zero attached hydrogens (tertiary/aromatic N) is 2. The van der Waals surface area contributed by atoms with E-state index in [0.29, 0.717) is 6.54 Å². The van der Waals surface area contributed by atoms with Crippen LogP contribution in [0, 0.1) is 5.92 Å². The molecule has 2 aromatic rings. The van der Waals surface area contributed by atoms with Crippen molar-refractivity contribution in [2.24, 2.45) is 5.92 Å². The number of hydrogen-bond acceptors (Lipinski definition) is 4. The summed E-state index contributed by atoms with van der Waals surface area (Å²) >= 11 is 0. The lowest BCUT2D eigenvalue weighted by molar-refractivity contribution is -0.136. The van der Waals surface area contributed by atoms with Crippen LogP contribution in [0.1, 0.15) is 24.0 Å². The molecule has 0 aliphatic carbocycles. The molecule has 1 amide bonds. The molecular weight excluding hydrogens is 352 g/mol. The Bertz CT molecular complexity index is 771. The zero-order chi connectivity index (χ0) is 19.9. The summed E-state index contributed by atoms with van der Waals surface area (Å²) in [6, 6.07) is 16.0. The number of likely N-dealkylation sites (tertiary alicyclic amines) is 1. The fourth-order valence-electron chi connectivity index (χ4n) is 3.83. The quantitative estimate of drug-likeness (QED) is 0.734. The van der Waals surface area contributed by atoms with Gasteiger partial charge in [0.05, 0.1) is 14.2 Å². The van der Waals surface area contributed by atoms with Crippen molar-refractivity contribution in [2.75, 3.05) is 34.4 Å². The van der Waals surface area contributed by atoms with E-state index in [9.17, 15) is 4.79 Å². The fraction of sp³-hybridized carbons (Fsp3) is 0.435. The molecule has 5 heteroatoms. The third-order valence-corrected chi connectivity index (χ3v) is 5.46. The first-order chi connectivity index (χ1) is 13.6. The van der Waals surface area contributed by atoms with Crippen LogP contribution in [0.5, 0.6) is 11.5 Å². The van der Waals surface area contributed by atoms with Gasteiger partial charge in [0.2, 0.25) is 5.91 Å². The fourth-order valence-corrected chi connectivity index (χ4v) is 3.83. The van der Waals surface area contributed by atoms with Gasteiger partial charge in [-0.1, -0.05) is 30.3 Å². The summed E-state index contributed by atoms with van der Waals surface area (Å²) in [5.74, 6) is 2.07. The van der Waals surface area contributed by atoms with Crippen LogP contribution < -0.4 is 9.47 Å². The predicted octanol–water partition coefficient (Wildman–Crippen LogP) is 3.57. The molecule has 1 aliphatic rings. The number of carbonyl (C=O) groups is 1. The highest BCUT2D eigenvalue weighted by Gasteiger charge is 2.27. The first-order valence-electron chi connectivity index (χ1n) is 9.83. The molecule has 0 spiro atoms. The van der Waals surface area contributed by atoms with Gasteiger partial charge in [0.15, 0.2) is 0 Å². The highest BCUT2D eigenvalue weighted by Crippen LogP contribution is 2.27. The largest absolute Gasteiger partial charge is 0.497 e. The molecule has 0 radical (unpaired) electrons. The number of benzene rings is 2. The molecule has 150 valence electrons. The van der Waals surface area contributed by atoms with E-state index in [0.717, 1.165) is 49.5 Å². The van der Waals surface area contributed by atoms with Crippen molar-refractivity contribution in [1.29, 1.82) is 0 Å². The maximum absolute atomic E-state index is 12.8. The Kier molecular flexibility index (Phi) is 6.93. The number of amides is 1. The van der Waals surface area contributed by atoms with Gasteiger partial charge in [-0.2, -0.15) is 0 Å². The van der Waals surface area contributed by atoms with Crippen LogP contribution in [-0.2, 0) is 17.9 Å². The molecule has 2 aromatic carbocycles. The molecule has 28 heavy (non-hydrogen) atoms. The van der Waals surface area contributed by atoms with E-state index >= 15 is 0 Å². The van der Waals surface area contributed by atoms with Crippen molar-refractivity contribution >= 4 is 5.91 Å². The number of hydrogen-bond donors (Lipinski definition) is 0. The lowest BCUT2D eigenvalue weighted by Gasteiger charge is -2.33. The summed E-state index contributed by atoms with van der Waals surface area (Å²) in [4.78, 5) is 17.1. The molecule has 1 saturated heterocycles. The minimum Gasteiger partial charge on any atom is -0.497 e. The van der Waals surface area contributed by atoms with Crippen LogP contribution in [0.2, 0.25) is 0 Å². The summed E-state index contributed by atoms with van der Waals surface area (Å²) in [6.45, 7) is 3.30. The Morgan fingerprint density at radius 1 is 1.07 bits per heavy atom. The van der Waals surface area contributed by atoms with Gasteiger partial charge in [-0.25, -0.2) is 0 Å². The van der Waals surface area contributed by atoms with Crippen molar-refractivity contribution in [2.45, 2.75) is 25.9 Å². The van der Waals surface area contributed by atoms with Gasteiger partial charge in [0.1, 0.15) is 11.5 Å². The number of rotatable bonds is 7. The SMILES string of the molecule is COc1ccc(OC)c(CN2CCC(C(=O)N(C)Cc3ccccc3)CC2)c1. The topological polar surface area (TPSA) is 42.0 Å². The van der Waals surface area contributed by atoms with E-state index in [-0.39, 0.29) is 11.8 Å². The van der Waals surface area contributed by atoms with Crippen LogP contribution in [-0.4, -0.2) is 50.1 Å². The summed E-state index contributed by atoms with van der Waals surface area (Å²) in [5, 5.41) is 0. The number of ether oxygens (including phenoxy) is 2. The molecule has 0 bridgehead atoms. The third-order valence-electron chi connectivity index (χ3n) is 5.46. The molecule has 0 N–H and O–H groups in total. The lowest BCUT2D eigenvalue weighted by atomic mass is 9.94. The van der Waals surface area contributed by atoms with Gasteiger partial charge in [0.25, 0.3) is 0 Å². The van der Waals surface area contributed by atoms with E-state index in [2.05, 4.69) is 17.0 Å². The number of carbonyl (C=O) groups excluding carboxylic acids is 1. The zero-order valence-corrected chi connectivity index (χ0v) is 17.1. The summed E-state index contributed by atoms with van der Waals surface area (Å²) in [5.41, 5.74) is 2.29. The molecule has 0 aromatic heterocycles. The van der Waals surface area contributed by atoms with Crippen molar-refractivity contribution < 1.29 is 14.3 Å². The van der Waals surface area contributed by atoms with E-state index in [1.807, 2.05) is 48.3 Å². The van der Waals surface area contributed by atoms with E-state index in [4.69, 9.17) is 9.47 Å². The first-order valence-corrected chi connectivity index (χ1v) is 9.83. The molecular formula is C23H30N2O3. The Balaban J connectivity index is 1.53. The summed E-state index contributed by atoms with van der Waals surface area (Å²) in [7, 11) is 5.27. The minimum absolute atomic E-state index is 0.108. The Labute approximate surface area is 167 Å². The highest BCUT2D eigenvalue weighted by molar-refractivity contribution is 5.78. The van der Waals surface area contributed by atoms with Gasteiger partial charge in [-0.05, 0) is 49.7 Å². The smallest absolute Gasteiger partial charge is 0.225 e. The minimum atomic E-state index is 0.108. The van der Waals surface area contributed by atoms with Gasteiger partial charge in [0, 0.05) is 31.6 Å². The molecule has 3 rings (SSSR count). The summed E-state index contributed by atoms with van der Waals surface area (Å²) in [6.07, 6.45) is 1.79. The number of piperidine rings is 1. The molecule has 1 fully saturated rings. The van der Waals surface area contributed by atoms with E-state index in [1.54, 1.807) is 14.2 Å². The van der Waals surface area contributed by atoms with Gasteiger partial charge < -0.3 is 14.4 Å². The second kappa shape index (κ2) is 9.60. The Morgan fingerprint density at radius 2 is 1.79 bits per heavy atom. The molecule has 0 unspecified atom stereocenters.